The summed E-state index contributed by atoms with van der Waals surface area (Å²) >= 11 is 3.54. The Labute approximate surface area is 106 Å². The fourth-order valence-corrected chi connectivity index (χ4v) is 2.69. The summed E-state index contributed by atoms with van der Waals surface area (Å²) in [6, 6.07) is 7.09. The molecule has 0 amide bonds. The number of hydrogen-bond donors (Lipinski definition) is 1. The third-order valence-electron chi connectivity index (χ3n) is 3.10. The monoisotopic (exact) mass is 283 g/mol. The third kappa shape index (κ3) is 3.06. The zero-order valence-electron chi connectivity index (χ0n) is 9.63. The molecule has 0 aromatic heterocycles. The van der Waals surface area contributed by atoms with E-state index in [1.54, 1.807) is 7.11 Å². The lowest BCUT2D eigenvalue weighted by Gasteiger charge is -2.14. The third-order valence-corrected chi connectivity index (χ3v) is 3.59. The quantitative estimate of drug-likeness (QED) is 0.918. The number of rotatable bonds is 4. The first kappa shape index (κ1) is 12.1. The smallest absolute Gasteiger partial charge is 0.0715 e. The standard InChI is InChI=1S/C13H18BrNO/c1-16-9-10-4-5-12(14)7-11(10)8-13-3-2-6-15-13/h4-5,7,13,15H,2-3,6,8-9H2,1H3. The minimum atomic E-state index is 0.643. The van der Waals surface area contributed by atoms with Gasteiger partial charge >= 0.3 is 0 Å². The van der Waals surface area contributed by atoms with Gasteiger partial charge in [0, 0.05) is 17.6 Å². The fourth-order valence-electron chi connectivity index (χ4n) is 2.28. The molecule has 1 aromatic carbocycles. The van der Waals surface area contributed by atoms with Crippen LogP contribution in [0.5, 0.6) is 0 Å². The summed E-state index contributed by atoms with van der Waals surface area (Å²) < 4.78 is 6.39. The molecular formula is C13H18BrNO. The van der Waals surface area contributed by atoms with Gasteiger partial charge in [0.15, 0.2) is 0 Å². The van der Waals surface area contributed by atoms with E-state index in [0.29, 0.717) is 12.6 Å². The molecule has 1 aliphatic rings. The molecule has 1 unspecified atom stereocenters. The Bertz CT molecular complexity index is 348. The summed E-state index contributed by atoms with van der Waals surface area (Å²) in [6.07, 6.45) is 3.70. The Morgan fingerprint density at radius 3 is 3.00 bits per heavy atom. The highest BCUT2D eigenvalue weighted by Gasteiger charge is 2.16. The molecule has 0 saturated carbocycles. The van der Waals surface area contributed by atoms with E-state index in [1.807, 2.05) is 0 Å². The van der Waals surface area contributed by atoms with Crippen LogP contribution in [0.3, 0.4) is 0 Å². The van der Waals surface area contributed by atoms with Crippen molar-refractivity contribution in [3.05, 3.63) is 33.8 Å². The zero-order valence-corrected chi connectivity index (χ0v) is 11.2. The largest absolute Gasteiger partial charge is 0.380 e. The summed E-state index contributed by atoms with van der Waals surface area (Å²) in [5, 5.41) is 3.54. The van der Waals surface area contributed by atoms with Crippen molar-refractivity contribution in [2.75, 3.05) is 13.7 Å². The highest BCUT2D eigenvalue weighted by molar-refractivity contribution is 9.10. The van der Waals surface area contributed by atoms with E-state index in [1.165, 1.54) is 24.0 Å². The van der Waals surface area contributed by atoms with Gasteiger partial charge in [0.1, 0.15) is 0 Å². The zero-order chi connectivity index (χ0) is 11.4. The second-order valence-electron chi connectivity index (χ2n) is 4.34. The lowest BCUT2D eigenvalue weighted by atomic mass is 10.00. The number of benzene rings is 1. The van der Waals surface area contributed by atoms with Gasteiger partial charge in [-0.3, -0.25) is 0 Å². The minimum absolute atomic E-state index is 0.643. The van der Waals surface area contributed by atoms with Crippen LogP contribution in [0.4, 0.5) is 0 Å². The molecule has 0 spiro atoms. The predicted octanol–water partition coefficient (Wildman–Crippen LogP) is 2.89. The van der Waals surface area contributed by atoms with E-state index >= 15 is 0 Å². The molecule has 16 heavy (non-hydrogen) atoms. The summed E-state index contributed by atoms with van der Waals surface area (Å²) in [5.74, 6) is 0. The van der Waals surface area contributed by atoms with Gasteiger partial charge < -0.3 is 10.1 Å². The van der Waals surface area contributed by atoms with Crippen LogP contribution < -0.4 is 5.32 Å². The maximum atomic E-state index is 5.24. The highest BCUT2D eigenvalue weighted by atomic mass is 79.9. The van der Waals surface area contributed by atoms with Gasteiger partial charge in [-0.25, -0.2) is 0 Å². The first-order valence-electron chi connectivity index (χ1n) is 5.79. The first-order valence-corrected chi connectivity index (χ1v) is 6.58. The molecule has 1 aromatic rings. The number of ether oxygens (including phenoxy) is 1. The number of methoxy groups -OCH3 is 1. The average molecular weight is 284 g/mol. The summed E-state index contributed by atoms with van der Waals surface area (Å²) in [7, 11) is 1.75. The van der Waals surface area contributed by atoms with Gasteiger partial charge in [-0.1, -0.05) is 22.0 Å². The van der Waals surface area contributed by atoms with E-state index in [9.17, 15) is 0 Å². The van der Waals surface area contributed by atoms with Crippen molar-refractivity contribution in [2.24, 2.45) is 0 Å². The Morgan fingerprint density at radius 2 is 2.31 bits per heavy atom. The van der Waals surface area contributed by atoms with Crippen molar-refractivity contribution in [1.29, 1.82) is 0 Å². The van der Waals surface area contributed by atoms with Gasteiger partial charge in [-0.15, -0.1) is 0 Å². The van der Waals surface area contributed by atoms with Crippen molar-refractivity contribution in [2.45, 2.75) is 31.9 Å². The maximum absolute atomic E-state index is 5.24. The number of nitrogens with one attached hydrogen (secondary N) is 1. The second kappa shape index (κ2) is 5.80. The van der Waals surface area contributed by atoms with Crippen LogP contribution in [0.15, 0.2) is 22.7 Å². The molecule has 2 nitrogen and oxygen atoms in total. The molecule has 88 valence electrons. The highest BCUT2D eigenvalue weighted by Crippen LogP contribution is 2.21. The molecule has 0 bridgehead atoms. The van der Waals surface area contributed by atoms with Gasteiger partial charge in [0.05, 0.1) is 6.61 Å². The van der Waals surface area contributed by atoms with Crippen molar-refractivity contribution >= 4 is 15.9 Å². The Morgan fingerprint density at radius 1 is 1.44 bits per heavy atom. The lowest BCUT2D eigenvalue weighted by Crippen LogP contribution is -2.24. The van der Waals surface area contributed by atoms with Crippen LogP contribution in [0, 0.1) is 0 Å². The molecule has 1 atom stereocenters. The Kier molecular flexibility index (Phi) is 4.38. The van der Waals surface area contributed by atoms with Crippen molar-refractivity contribution < 1.29 is 4.74 Å². The van der Waals surface area contributed by atoms with Crippen LogP contribution in [-0.4, -0.2) is 19.7 Å². The molecule has 2 rings (SSSR count). The lowest BCUT2D eigenvalue weighted by molar-refractivity contribution is 0.184. The molecule has 3 heteroatoms. The van der Waals surface area contributed by atoms with Crippen molar-refractivity contribution in [1.82, 2.24) is 5.32 Å². The molecule has 0 radical (unpaired) electrons. The fraction of sp³-hybridized carbons (Fsp3) is 0.538. The van der Waals surface area contributed by atoms with Gasteiger partial charge in [-0.05, 0) is 49.1 Å². The molecule has 1 N–H and O–H groups in total. The Hall–Kier alpha value is -0.380. The SMILES string of the molecule is COCc1ccc(Br)cc1CC1CCCN1. The molecule has 0 aliphatic carbocycles. The van der Waals surface area contributed by atoms with Crippen molar-refractivity contribution in [3.63, 3.8) is 0 Å². The molecular weight excluding hydrogens is 266 g/mol. The van der Waals surface area contributed by atoms with Crippen LogP contribution in [0.25, 0.3) is 0 Å². The van der Waals surface area contributed by atoms with Crippen molar-refractivity contribution in [3.8, 4) is 0 Å². The van der Waals surface area contributed by atoms with E-state index in [4.69, 9.17) is 4.74 Å². The summed E-state index contributed by atoms with van der Waals surface area (Å²) in [6.45, 7) is 1.87. The molecule has 1 heterocycles. The van der Waals surface area contributed by atoms with Crippen LogP contribution in [-0.2, 0) is 17.8 Å². The van der Waals surface area contributed by atoms with E-state index in [0.717, 1.165) is 17.4 Å². The Balaban J connectivity index is 2.12. The predicted molar refractivity (Wildman–Crippen MR) is 69.6 cm³/mol. The minimum Gasteiger partial charge on any atom is -0.380 e. The topological polar surface area (TPSA) is 21.3 Å². The number of hydrogen-bond acceptors (Lipinski definition) is 2. The van der Waals surface area contributed by atoms with Crippen LogP contribution >= 0.6 is 15.9 Å². The summed E-state index contributed by atoms with van der Waals surface area (Å²) in [5.41, 5.74) is 2.70. The molecule has 1 saturated heterocycles. The molecule has 1 aliphatic heterocycles. The van der Waals surface area contributed by atoms with E-state index in [-0.39, 0.29) is 0 Å². The van der Waals surface area contributed by atoms with E-state index < -0.39 is 0 Å². The van der Waals surface area contributed by atoms with Gasteiger partial charge in [0.25, 0.3) is 0 Å². The number of halogens is 1. The normalized spacial score (nSPS) is 20.2. The molecule has 1 fully saturated rings. The van der Waals surface area contributed by atoms with Gasteiger partial charge in [-0.2, -0.15) is 0 Å². The first-order chi connectivity index (χ1) is 7.79. The van der Waals surface area contributed by atoms with Gasteiger partial charge in [0.2, 0.25) is 0 Å². The summed E-state index contributed by atoms with van der Waals surface area (Å²) in [4.78, 5) is 0. The maximum Gasteiger partial charge on any atom is 0.0715 e. The second-order valence-corrected chi connectivity index (χ2v) is 5.26. The van der Waals surface area contributed by atoms with E-state index in [2.05, 4.69) is 39.4 Å². The average Bonchev–Trinajstić information content (AvgIpc) is 2.75. The van der Waals surface area contributed by atoms with Crippen LogP contribution in [0.1, 0.15) is 24.0 Å². The van der Waals surface area contributed by atoms with Crippen LogP contribution in [0.2, 0.25) is 0 Å².